The molecule has 0 spiro atoms. The van der Waals surface area contributed by atoms with E-state index in [0.29, 0.717) is 12.5 Å². The number of rotatable bonds is 6. The second-order valence-corrected chi connectivity index (χ2v) is 6.41. The maximum Gasteiger partial charge on any atom is 0.315 e. The van der Waals surface area contributed by atoms with Crippen LogP contribution in [0.5, 0.6) is 0 Å². The average molecular weight is 322 g/mol. The van der Waals surface area contributed by atoms with Crippen molar-refractivity contribution < 1.29 is 9.53 Å². The minimum Gasteiger partial charge on any atom is -0.378 e. The molecule has 2 N–H and O–H groups in total. The number of nitrogens with zero attached hydrogens (tertiary/aromatic N) is 2. The molecule has 1 aliphatic rings. The highest BCUT2D eigenvalue weighted by Crippen LogP contribution is 2.25. The number of ether oxygens (including phenoxy) is 1. The number of hydrogen-bond donors (Lipinski definition) is 2. The molecule has 1 saturated heterocycles. The SMILES string of the molecule is CCC(CC)C1CC(NC(=O)NCc2cnn(C)c2C)CCO1. The Hall–Kier alpha value is -1.56. The van der Waals surface area contributed by atoms with Gasteiger partial charge in [0, 0.05) is 37.5 Å². The van der Waals surface area contributed by atoms with Gasteiger partial charge in [0.15, 0.2) is 0 Å². The smallest absolute Gasteiger partial charge is 0.315 e. The van der Waals surface area contributed by atoms with E-state index in [2.05, 4.69) is 29.6 Å². The van der Waals surface area contributed by atoms with E-state index in [1.807, 2.05) is 18.7 Å². The summed E-state index contributed by atoms with van der Waals surface area (Å²) in [6.07, 6.45) is 6.11. The zero-order valence-corrected chi connectivity index (χ0v) is 14.8. The number of aryl methyl sites for hydroxylation is 1. The number of carbonyl (C=O) groups excluding carboxylic acids is 1. The van der Waals surface area contributed by atoms with E-state index in [0.717, 1.165) is 43.5 Å². The van der Waals surface area contributed by atoms with Crippen molar-refractivity contribution in [3.63, 3.8) is 0 Å². The molecule has 1 aliphatic heterocycles. The Kier molecular flexibility index (Phi) is 6.45. The quantitative estimate of drug-likeness (QED) is 0.845. The maximum absolute atomic E-state index is 12.1. The standard InChI is InChI=1S/C17H30N4O2/c1-5-13(6-2)16-9-15(7-8-23-16)20-17(22)18-10-14-11-19-21(4)12(14)3/h11,13,15-16H,5-10H2,1-4H3,(H2,18,20,22). The summed E-state index contributed by atoms with van der Waals surface area (Å²) in [5.74, 6) is 0.584. The summed E-state index contributed by atoms with van der Waals surface area (Å²) in [7, 11) is 1.90. The summed E-state index contributed by atoms with van der Waals surface area (Å²) in [6.45, 7) is 7.65. The van der Waals surface area contributed by atoms with Crippen LogP contribution in [0.4, 0.5) is 4.79 Å². The number of nitrogens with one attached hydrogen (secondary N) is 2. The molecule has 2 unspecified atom stereocenters. The monoisotopic (exact) mass is 322 g/mol. The van der Waals surface area contributed by atoms with E-state index >= 15 is 0 Å². The molecule has 1 fully saturated rings. The number of amides is 2. The first-order valence-corrected chi connectivity index (χ1v) is 8.68. The van der Waals surface area contributed by atoms with Gasteiger partial charge in [-0.3, -0.25) is 4.68 Å². The van der Waals surface area contributed by atoms with Crippen molar-refractivity contribution in [1.29, 1.82) is 0 Å². The van der Waals surface area contributed by atoms with Crippen LogP contribution in [0.3, 0.4) is 0 Å². The van der Waals surface area contributed by atoms with E-state index in [-0.39, 0.29) is 18.2 Å². The lowest BCUT2D eigenvalue weighted by Crippen LogP contribution is -2.47. The highest BCUT2D eigenvalue weighted by molar-refractivity contribution is 5.74. The van der Waals surface area contributed by atoms with Crippen molar-refractivity contribution >= 4 is 6.03 Å². The largest absolute Gasteiger partial charge is 0.378 e. The van der Waals surface area contributed by atoms with Crippen LogP contribution in [0, 0.1) is 12.8 Å². The summed E-state index contributed by atoms with van der Waals surface area (Å²) in [4.78, 5) is 12.1. The zero-order chi connectivity index (χ0) is 16.8. The van der Waals surface area contributed by atoms with Crippen LogP contribution in [0.2, 0.25) is 0 Å². The first-order chi connectivity index (χ1) is 11.0. The van der Waals surface area contributed by atoms with Crippen LogP contribution in [0.25, 0.3) is 0 Å². The highest BCUT2D eigenvalue weighted by Gasteiger charge is 2.28. The minimum atomic E-state index is -0.108. The van der Waals surface area contributed by atoms with Gasteiger partial charge in [-0.1, -0.05) is 26.7 Å². The molecule has 1 aromatic heterocycles. The van der Waals surface area contributed by atoms with E-state index in [9.17, 15) is 4.79 Å². The van der Waals surface area contributed by atoms with Gasteiger partial charge in [-0.15, -0.1) is 0 Å². The molecule has 0 radical (unpaired) electrons. The first kappa shape index (κ1) is 17.8. The number of urea groups is 1. The summed E-state index contributed by atoms with van der Waals surface area (Å²) < 4.78 is 7.71. The van der Waals surface area contributed by atoms with Crippen LogP contribution in [-0.2, 0) is 18.3 Å². The van der Waals surface area contributed by atoms with Crippen molar-refractivity contribution in [2.75, 3.05) is 6.61 Å². The Morgan fingerprint density at radius 2 is 2.22 bits per heavy atom. The number of carbonyl (C=O) groups is 1. The fourth-order valence-electron chi connectivity index (χ4n) is 3.23. The molecule has 2 amide bonds. The van der Waals surface area contributed by atoms with Gasteiger partial charge in [0.2, 0.25) is 0 Å². The van der Waals surface area contributed by atoms with E-state index in [1.54, 1.807) is 6.20 Å². The van der Waals surface area contributed by atoms with Crippen LogP contribution in [-0.4, -0.2) is 34.6 Å². The Balaban J connectivity index is 1.79. The lowest BCUT2D eigenvalue weighted by atomic mass is 9.89. The molecule has 130 valence electrons. The second-order valence-electron chi connectivity index (χ2n) is 6.41. The Bertz CT molecular complexity index is 511. The van der Waals surface area contributed by atoms with Crippen molar-refractivity contribution in [1.82, 2.24) is 20.4 Å². The van der Waals surface area contributed by atoms with Crippen molar-refractivity contribution in [2.24, 2.45) is 13.0 Å². The molecule has 0 aromatic carbocycles. The maximum atomic E-state index is 12.1. The van der Waals surface area contributed by atoms with Crippen LogP contribution >= 0.6 is 0 Å². The van der Waals surface area contributed by atoms with Gasteiger partial charge >= 0.3 is 6.03 Å². The third kappa shape index (κ3) is 4.70. The molecule has 0 aliphatic carbocycles. The summed E-state index contributed by atoms with van der Waals surface area (Å²) in [6, 6.07) is 0.0906. The topological polar surface area (TPSA) is 68.2 Å². The molecule has 6 heteroatoms. The molecular formula is C17H30N4O2. The van der Waals surface area contributed by atoms with E-state index in [4.69, 9.17) is 4.74 Å². The van der Waals surface area contributed by atoms with Gasteiger partial charge in [-0.2, -0.15) is 5.10 Å². The fourth-order valence-corrected chi connectivity index (χ4v) is 3.23. The predicted molar refractivity (Wildman–Crippen MR) is 90.2 cm³/mol. The zero-order valence-electron chi connectivity index (χ0n) is 14.8. The fraction of sp³-hybridized carbons (Fsp3) is 0.765. The molecule has 2 heterocycles. The number of aromatic nitrogens is 2. The average Bonchev–Trinajstić information content (AvgIpc) is 2.86. The number of hydrogen-bond acceptors (Lipinski definition) is 3. The molecule has 0 bridgehead atoms. The molecule has 6 nitrogen and oxygen atoms in total. The lowest BCUT2D eigenvalue weighted by molar-refractivity contribution is -0.0331. The van der Waals surface area contributed by atoms with Gasteiger partial charge in [0.25, 0.3) is 0 Å². The van der Waals surface area contributed by atoms with Crippen LogP contribution < -0.4 is 10.6 Å². The molecule has 2 rings (SSSR count). The van der Waals surface area contributed by atoms with Crippen molar-refractivity contribution in [3.8, 4) is 0 Å². The predicted octanol–water partition coefficient (Wildman–Crippen LogP) is 2.51. The van der Waals surface area contributed by atoms with Crippen molar-refractivity contribution in [3.05, 3.63) is 17.5 Å². The van der Waals surface area contributed by atoms with E-state index < -0.39 is 0 Å². The highest BCUT2D eigenvalue weighted by atomic mass is 16.5. The van der Waals surface area contributed by atoms with Gasteiger partial charge in [-0.05, 0) is 25.7 Å². The molecular weight excluding hydrogens is 292 g/mol. The Morgan fingerprint density at radius 3 is 2.83 bits per heavy atom. The van der Waals surface area contributed by atoms with E-state index in [1.165, 1.54) is 0 Å². The van der Waals surface area contributed by atoms with Gasteiger partial charge in [-0.25, -0.2) is 4.79 Å². The van der Waals surface area contributed by atoms with Crippen molar-refractivity contribution in [2.45, 2.75) is 65.1 Å². The molecule has 2 atom stereocenters. The Labute approximate surface area is 139 Å². The second kappa shape index (κ2) is 8.34. The van der Waals surface area contributed by atoms with Gasteiger partial charge < -0.3 is 15.4 Å². The summed E-state index contributed by atoms with van der Waals surface area (Å²) in [5, 5.41) is 10.2. The lowest BCUT2D eigenvalue weighted by Gasteiger charge is -2.34. The molecule has 0 saturated carbocycles. The summed E-state index contributed by atoms with van der Waals surface area (Å²) in [5.41, 5.74) is 2.12. The van der Waals surface area contributed by atoms with Gasteiger partial charge in [0.1, 0.15) is 0 Å². The third-order valence-electron chi connectivity index (χ3n) is 5.00. The van der Waals surface area contributed by atoms with Gasteiger partial charge in [0.05, 0.1) is 12.3 Å². The van der Waals surface area contributed by atoms with Crippen LogP contribution in [0.1, 0.15) is 50.8 Å². The third-order valence-corrected chi connectivity index (χ3v) is 5.00. The Morgan fingerprint density at radius 1 is 1.48 bits per heavy atom. The normalized spacial score (nSPS) is 21.4. The molecule has 23 heavy (non-hydrogen) atoms. The minimum absolute atomic E-state index is 0.108. The molecule has 1 aromatic rings. The van der Waals surface area contributed by atoms with Crippen LogP contribution in [0.15, 0.2) is 6.20 Å². The first-order valence-electron chi connectivity index (χ1n) is 8.68. The summed E-state index contributed by atoms with van der Waals surface area (Å²) >= 11 is 0.